The Morgan fingerprint density at radius 3 is 2.21 bits per heavy atom. The predicted molar refractivity (Wildman–Crippen MR) is 112 cm³/mol. The third kappa shape index (κ3) is 5.03. The summed E-state index contributed by atoms with van der Waals surface area (Å²) < 4.78 is 45.1. The maximum absolute atomic E-state index is 13.0. The number of methoxy groups -OCH3 is 2. The summed E-state index contributed by atoms with van der Waals surface area (Å²) in [6, 6.07) is 9.03. The molecule has 158 valence electrons. The fraction of sp³-hybridized carbons (Fsp3) is 0.455. The Bertz CT molecular complexity index is 969. The number of fused-ring (bicyclic) bond motifs is 1. The third-order valence-corrected chi connectivity index (χ3v) is 6.40. The molecule has 0 saturated carbocycles. The molecule has 0 bridgehead atoms. The molecular formula is C22H29NO5S. The fourth-order valence-corrected chi connectivity index (χ4v) is 4.76. The van der Waals surface area contributed by atoms with Crippen molar-refractivity contribution >= 4 is 10.0 Å². The second kappa shape index (κ2) is 9.05. The van der Waals surface area contributed by atoms with Gasteiger partial charge in [-0.3, -0.25) is 0 Å². The van der Waals surface area contributed by atoms with E-state index in [1.54, 1.807) is 25.3 Å². The van der Waals surface area contributed by atoms with Crippen molar-refractivity contribution in [2.24, 2.45) is 0 Å². The van der Waals surface area contributed by atoms with Crippen LogP contribution in [0, 0.1) is 0 Å². The Morgan fingerprint density at radius 1 is 0.931 bits per heavy atom. The molecule has 0 aliphatic heterocycles. The number of benzene rings is 2. The highest BCUT2D eigenvalue weighted by Gasteiger charge is 2.23. The van der Waals surface area contributed by atoms with E-state index in [0.29, 0.717) is 17.2 Å². The maximum Gasteiger partial charge on any atom is 0.244 e. The van der Waals surface area contributed by atoms with Crippen LogP contribution >= 0.6 is 0 Å². The van der Waals surface area contributed by atoms with Gasteiger partial charge in [-0.05, 0) is 80.5 Å². The minimum atomic E-state index is -3.73. The molecule has 2 aromatic rings. The van der Waals surface area contributed by atoms with Crippen molar-refractivity contribution in [1.29, 1.82) is 0 Å². The van der Waals surface area contributed by atoms with Gasteiger partial charge in [0.05, 0.1) is 20.3 Å². The largest absolute Gasteiger partial charge is 0.495 e. The molecule has 29 heavy (non-hydrogen) atoms. The van der Waals surface area contributed by atoms with Crippen LogP contribution in [0.1, 0.15) is 43.4 Å². The van der Waals surface area contributed by atoms with Crippen LogP contribution in [0.3, 0.4) is 0 Å². The lowest BCUT2D eigenvalue weighted by Gasteiger charge is -2.19. The first-order chi connectivity index (χ1) is 13.8. The Balaban J connectivity index is 1.81. The van der Waals surface area contributed by atoms with Crippen molar-refractivity contribution in [1.82, 2.24) is 4.72 Å². The third-order valence-electron chi connectivity index (χ3n) is 4.97. The molecule has 0 unspecified atom stereocenters. The van der Waals surface area contributed by atoms with E-state index < -0.39 is 10.0 Å². The first-order valence-corrected chi connectivity index (χ1v) is 11.4. The highest BCUT2D eigenvalue weighted by atomic mass is 32.2. The monoisotopic (exact) mass is 419 g/mol. The summed E-state index contributed by atoms with van der Waals surface area (Å²) >= 11 is 0. The molecule has 1 aliphatic carbocycles. The number of sulfonamides is 1. The average molecular weight is 420 g/mol. The van der Waals surface area contributed by atoms with E-state index in [1.807, 2.05) is 26.0 Å². The minimum absolute atomic E-state index is 0.0183. The SMILES string of the molecule is COc1cc(CNS(=O)(=O)c2cc3c(cc2OC)CCCC3)ccc1OC(C)C. The van der Waals surface area contributed by atoms with Gasteiger partial charge in [-0.25, -0.2) is 13.1 Å². The summed E-state index contributed by atoms with van der Waals surface area (Å²) in [4.78, 5) is 0.187. The van der Waals surface area contributed by atoms with Crippen molar-refractivity contribution in [3.8, 4) is 17.2 Å². The molecule has 0 atom stereocenters. The molecule has 1 N–H and O–H groups in total. The van der Waals surface area contributed by atoms with Gasteiger partial charge >= 0.3 is 0 Å². The number of hydrogen-bond acceptors (Lipinski definition) is 5. The van der Waals surface area contributed by atoms with Gasteiger partial charge in [0.1, 0.15) is 10.6 Å². The van der Waals surface area contributed by atoms with Gasteiger partial charge in [0.25, 0.3) is 0 Å². The molecule has 6 nitrogen and oxygen atoms in total. The van der Waals surface area contributed by atoms with Crippen LogP contribution in [0.5, 0.6) is 17.2 Å². The lowest BCUT2D eigenvalue weighted by atomic mass is 9.92. The van der Waals surface area contributed by atoms with Gasteiger partial charge < -0.3 is 14.2 Å². The maximum atomic E-state index is 13.0. The normalized spacial score (nSPS) is 13.8. The van der Waals surface area contributed by atoms with Crippen molar-refractivity contribution < 1.29 is 22.6 Å². The zero-order chi connectivity index (χ0) is 21.0. The first kappa shape index (κ1) is 21.5. The van der Waals surface area contributed by atoms with Crippen molar-refractivity contribution in [2.45, 2.75) is 57.1 Å². The van der Waals surface area contributed by atoms with Gasteiger partial charge in [-0.15, -0.1) is 0 Å². The van der Waals surface area contributed by atoms with Gasteiger partial charge in [-0.1, -0.05) is 6.07 Å². The predicted octanol–water partition coefficient (Wildman–Crippen LogP) is 3.85. The standard InChI is InChI=1S/C22H29NO5S/c1-15(2)28-19-10-9-16(11-20(19)26-3)14-23-29(24,25)22-13-18-8-6-5-7-17(18)12-21(22)27-4/h9-13,15,23H,5-8,14H2,1-4H3. The lowest BCUT2D eigenvalue weighted by Crippen LogP contribution is -2.24. The minimum Gasteiger partial charge on any atom is -0.495 e. The Labute approximate surface area is 173 Å². The molecule has 0 amide bonds. The number of rotatable bonds is 8. The van der Waals surface area contributed by atoms with E-state index >= 15 is 0 Å². The van der Waals surface area contributed by atoms with E-state index in [-0.39, 0.29) is 17.5 Å². The van der Waals surface area contributed by atoms with Gasteiger partial charge in [0.15, 0.2) is 11.5 Å². The molecule has 0 fully saturated rings. The molecule has 0 spiro atoms. The molecule has 7 heteroatoms. The quantitative estimate of drug-likeness (QED) is 0.704. The number of hydrogen-bond donors (Lipinski definition) is 1. The van der Waals surface area contributed by atoms with Crippen molar-refractivity contribution in [2.75, 3.05) is 14.2 Å². The summed E-state index contributed by atoms with van der Waals surface area (Å²) in [6.45, 7) is 4.02. The highest BCUT2D eigenvalue weighted by Crippen LogP contribution is 2.32. The first-order valence-electron chi connectivity index (χ1n) is 9.87. The Morgan fingerprint density at radius 2 is 1.59 bits per heavy atom. The van der Waals surface area contributed by atoms with Crippen LogP contribution in [0.4, 0.5) is 0 Å². The molecule has 1 aliphatic rings. The second-order valence-corrected chi connectivity index (χ2v) is 9.19. The number of nitrogens with one attached hydrogen (secondary N) is 1. The van der Waals surface area contributed by atoms with E-state index in [4.69, 9.17) is 14.2 Å². The Hall–Kier alpha value is -2.25. The Kier molecular flexibility index (Phi) is 6.70. The zero-order valence-electron chi connectivity index (χ0n) is 17.4. The molecular weight excluding hydrogens is 390 g/mol. The lowest BCUT2D eigenvalue weighted by molar-refractivity contribution is 0.230. The summed E-state index contributed by atoms with van der Waals surface area (Å²) in [5, 5.41) is 0. The summed E-state index contributed by atoms with van der Waals surface area (Å²) in [5.41, 5.74) is 3.05. The topological polar surface area (TPSA) is 73.9 Å². The van der Waals surface area contributed by atoms with Crippen LogP contribution in [-0.4, -0.2) is 28.7 Å². The molecule has 2 aromatic carbocycles. The second-order valence-electron chi connectivity index (χ2n) is 7.46. The van der Waals surface area contributed by atoms with E-state index in [0.717, 1.165) is 36.8 Å². The van der Waals surface area contributed by atoms with Crippen LogP contribution in [-0.2, 0) is 29.4 Å². The van der Waals surface area contributed by atoms with Crippen molar-refractivity contribution in [3.05, 3.63) is 47.0 Å². The van der Waals surface area contributed by atoms with Crippen LogP contribution in [0.25, 0.3) is 0 Å². The average Bonchev–Trinajstić information content (AvgIpc) is 2.71. The zero-order valence-corrected chi connectivity index (χ0v) is 18.3. The highest BCUT2D eigenvalue weighted by molar-refractivity contribution is 7.89. The molecule has 0 aromatic heterocycles. The molecule has 0 heterocycles. The van der Waals surface area contributed by atoms with Gasteiger partial charge in [0, 0.05) is 6.54 Å². The smallest absolute Gasteiger partial charge is 0.244 e. The molecule has 0 radical (unpaired) electrons. The molecule has 0 saturated heterocycles. The van der Waals surface area contributed by atoms with Crippen LogP contribution < -0.4 is 18.9 Å². The van der Waals surface area contributed by atoms with Crippen LogP contribution in [0.2, 0.25) is 0 Å². The fourth-order valence-electron chi connectivity index (χ4n) is 3.54. The van der Waals surface area contributed by atoms with E-state index in [1.165, 1.54) is 12.7 Å². The number of aryl methyl sites for hydroxylation is 2. The summed E-state index contributed by atoms with van der Waals surface area (Å²) in [7, 11) is -0.665. The van der Waals surface area contributed by atoms with Crippen molar-refractivity contribution in [3.63, 3.8) is 0 Å². The van der Waals surface area contributed by atoms with E-state index in [2.05, 4.69) is 4.72 Å². The van der Waals surface area contributed by atoms with Gasteiger partial charge in [0.2, 0.25) is 10.0 Å². The van der Waals surface area contributed by atoms with Gasteiger partial charge in [-0.2, -0.15) is 0 Å². The molecule has 3 rings (SSSR count). The summed E-state index contributed by atoms with van der Waals surface area (Å²) in [6.07, 6.45) is 4.08. The number of ether oxygens (including phenoxy) is 3. The van der Waals surface area contributed by atoms with E-state index in [9.17, 15) is 8.42 Å². The van der Waals surface area contributed by atoms with Crippen LogP contribution in [0.15, 0.2) is 35.2 Å². The summed E-state index contributed by atoms with van der Waals surface area (Å²) in [5.74, 6) is 1.59.